The maximum atomic E-state index is 12.4. The third-order valence-corrected chi connectivity index (χ3v) is 3.48. The third kappa shape index (κ3) is 2.23. The summed E-state index contributed by atoms with van der Waals surface area (Å²) in [5.41, 5.74) is 0.448. The number of amides is 1. The van der Waals surface area contributed by atoms with Crippen molar-refractivity contribution in [2.24, 2.45) is 0 Å². The Morgan fingerprint density at radius 2 is 2.11 bits per heavy atom. The minimum absolute atomic E-state index is 0.0133. The molecule has 0 radical (unpaired) electrons. The average molecular weight is 265 g/mol. The van der Waals surface area contributed by atoms with Crippen LogP contribution < -0.4 is 5.56 Å². The Bertz CT molecular complexity index is 593. The number of carboxylic acids is 1. The summed E-state index contributed by atoms with van der Waals surface area (Å²) in [5.74, 6) is -1.57. The van der Waals surface area contributed by atoms with Gasteiger partial charge in [-0.1, -0.05) is 0 Å². The number of aromatic amines is 1. The fourth-order valence-corrected chi connectivity index (χ4v) is 2.29. The Morgan fingerprint density at radius 1 is 1.42 bits per heavy atom. The first-order valence-corrected chi connectivity index (χ1v) is 6.03. The van der Waals surface area contributed by atoms with E-state index in [-0.39, 0.29) is 5.56 Å². The summed E-state index contributed by atoms with van der Waals surface area (Å²) in [6.45, 7) is 3.67. The number of carbonyl (C=O) groups excluding carboxylic acids is 1. The van der Waals surface area contributed by atoms with Crippen LogP contribution in [-0.4, -0.2) is 44.7 Å². The van der Waals surface area contributed by atoms with Crippen molar-refractivity contribution in [1.82, 2.24) is 15.1 Å². The maximum absolute atomic E-state index is 12.4. The molecule has 0 spiro atoms. The van der Waals surface area contributed by atoms with E-state index < -0.39 is 23.5 Å². The molecule has 1 saturated heterocycles. The van der Waals surface area contributed by atoms with Gasteiger partial charge in [0.05, 0.1) is 5.69 Å². The van der Waals surface area contributed by atoms with Gasteiger partial charge in [-0.2, -0.15) is 5.10 Å². The van der Waals surface area contributed by atoms with Gasteiger partial charge in [-0.15, -0.1) is 0 Å². The van der Waals surface area contributed by atoms with Crippen molar-refractivity contribution in [3.8, 4) is 0 Å². The van der Waals surface area contributed by atoms with E-state index in [2.05, 4.69) is 10.2 Å². The Hall–Kier alpha value is -2.18. The first-order valence-electron chi connectivity index (χ1n) is 6.03. The average Bonchev–Trinajstić information content (AvgIpc) is 2.83. The van der Waals surface area contributed by atoms with Gasteiger partial charge in [0.15, 0.2) is 0 Å². The molecule has 1 aromatic rings. The predicted molar refractivity (Wildman–Crippen MR) is 66.0 cm³/mol. The van der Waals surface area contributed by atoms with E-state index in [4.69, 9.17) is 5.11 Å². The van der Waals surface area contributed by atoms with Gasteiger partial charge in [-0.25, -0.2) is 9.89 Å². The molecule has 7 heteroatoms. The molecule has 0 bridgehead atoms. The molecule has 1 aliphatic heterocycles. The smallest absolute Gasteiger partial charge is 0.326 e. The zero-order valence-corrected chi connectivity index (χ0v) is 10.8. The van der Waals surface area contributed by atoms with Crippen molar-refractivity contribution in [3.63, 3.8) is 0 Å². The second-order valence-corrected chi connectivity index (χ2v) is 4.63. The van der Waals surface area contributed by atoms with Crippen LogP contribution in [0.15, 0.2) is 4.79 Å². The van der Waals surface area contributed by atoms with Crippen LogP contribution in [0.5, 0.6) is 0 Å². The number of aryl methyl sites for hydroxylation is 1. The molecular weight excluding hydrogens is 250 g/mol. The Kier molecular flexibility index (Phi) is 3.37. The summed E-state index contributed by atoms with van der Waals surface area (Å²) >= 11 is 0. The monoisotopic (exact) mass is 265 g/mol. The summed E-state index contributed by atoms with van der Waals surface area (Å²) in [6, 6.07) is -0.847. The summed E-state index contributed by atoms with van der Waals surface area (Å²) in [6.07, 6.45) is 1.05. The molecule has 1 fully saturated rings. The van der Waals surface area contributed by atoms with Crippen LogP contribution in [0.1, 0.15) is 34.5 Å². The number of hydrogen-bond acceptors (Lipinski definition) is 4. The molecule has 0 unspecified atom stereocenters. The number of nitrogens with zero attached hydrogens (tertiary/aromatic N) is 2. The lowest BCUT2D eigenvalue weighted by Gasteiger charge is -2.21. The van der Waals surface area contributed by atoms with E-state index in [0.29, 0.717) is 30.6 Å². The summed E-state index contributed by atoms with van der Waals surface area (Å²) < 4.78 is 0. The van der Waals surface area contributed by atoms with Crippen LogP contribution >= 0.6 is 0 Å². The van der Waals surface area contributed by atoms with Crippen LogP contribution in [-0.2, 0) is 4.79 Å². The van der Waals surface area contributed by atoms with Crippen molar-refractivity contribution >= 4 is 11.9 Å². The van der Waals surface area contributed by atoms with E-state index in [9.17, 15) is 14.4 Å². The lowest BCUT2D eigenvalue weighted by atomic mass is 10.1. The molecule has 0 aromatic carbocycles. The highest BCUT2D eigenvalue weighted by Crippen LogP contribution is 2.20. The van der Waals surface area contributed by atoms with Gasteiger partial charge >= 0.3 is 5.97 Å². The van der Waals surface area contributed by atoms with Crippen LogP contribution in [0.2, 0.25) is 0 Å². The molecule has 2 N–H and O–H groups in total. The number of nitrogens with one attached hydrogen (secondary N) is 1. The van der Waals surface area contributed by atoms with E-state index in [1.165, 1.54) is 4.90 Å². The number of aliphatic carboxylic acids is 1. The van der Waals surface area contributed by atoms with Crippen LogP contribution in [0, 0.1) is 13.8 Å². The third-order valence-electron chi connectivity index (χ3n) is 3.48. The topological polar surface area (TPSA) is 103 Å². The zero-order chi connectivity index (χ0) is 14.2. The standard InChI is InChI=1S/C12H15N3O4/c1-6-7(2)13-14-10(16)9(6)11(17)15-5-3-4-8(15)12(18)19/h8H,3-5H2,1-2H3,(H,14,16)(H,18,19)/t8-/m1/s1. The summed E-state index contributed by atoms with van der Waals surface area (Å²) in [4.78, 5) is 36.5. The number of likely N-dealkylation sites (tertiary alicyclic amines) is 1. The Morgan fingerprint density at radius 3 is 2.74 bits per heavy atom. The van der Waals surface area contributed by atoms with Crippen molar-refractivity contribution in [2.45, 2.75) is 32.7 Å². The molecule has 1 aromatic heterocycles. The number of carbonyl (C=O) groups is 2. The molecule has 2 heterocycles. The molecule has 102 valence electrons. The highest BCUT2D eigenvalue weighted by molar-refractivity contribution is 5.97. The van der Waals surface area contributed by atoms with E-state index in [1.807, 2.05) is 0 Å². The van der Waals surface area contributed by atoms with E-state index in [1.54, 1.807) is 13.8 Å². The molecule has 1 atom stereocenters. The number of rotatable bonds is 2. The van der Waals surface area contributed by atoms with Crippen LogP contribution in [0.4, 0.5) is 0 Å². The molecule has 1 aliphatic rings. The highest BCUT2D eigenvalue weighted by atomic mass is 16.4. The minimum Gasteiger partial charge on any atom is -0.480 e. The molecule has 1 amide bonds. The van der Waals surface area contributed by atoms with E-state index >= 15 is 0 Å². The Labute approximate surface area is 109 Å². The van der Waals surface area contributed by atoms with Gasteiger partial charge in [-0.3, -0.25) is 9.59 Å². The molecule has 2 rings (SSSR count). The second-order valence-electron chi connectivity index (χ2n) is 4.63. The van der Waals surface area contributed by atoms with Gasteiger partial charge in [0.2, 0.25) is 0 Å². The fraction of sp³-hybridized carbons (Fsp3) is 0.500. The van der Waals surface area contributed by atoms with Gasteiger partial charge < -0.3 is 10.0 Å². The number of carboxylic acid groups (broad SMARTS) is 1. The molecule has 0 aliphatic carbocycles. The van der Waals surface area contributed by atoms with Gasteiger partial charge in [0, 0.05) is 6.54 Å². The second kappa shape index (κ2) is 4.83. The quantitative estimate of drug-likeness (QED) is 0.788. The zero-order valence-electron chi connectivity index (χ0n) is 10.8. The number of H-pyrrole nitrogens is 1. The van der Waals surface area contributed by atoms with E-state index in [0.717, 1.165) is 0 Å². The molecular formula is C12H15N3O4. The predicted octanol–water partition coefficient (Wildman–Crippen LogP) is 0.0759. The summed E-state index contributed by atoms with van der Waals surface area (Å²) in [7, 11) is 0. The first kappa shape index (κ1) is 13.3. The first-order chi connectivity index (χ1) is 8.93. The normalized spacial score (nSPS) is 18.6. The van der Waals surface area contributed by atoms with Crippen LogP contribution in [0.25, 0.3) is 0 Å². The van der Waals surface area contributed by atoms with Gasteiger partial charge in [-0.05, 0) is 32.3 Å². The minimum atomic E-state index is -1.04. The van der Waals surface area contributed by atoms with Gasteiger partial charge in [0.25, 0.3) is 11.5 Å². The van der Waals surface area contributed by atoms with Crippen LogP contribution in [0.3, 0.4) is 0 Å². The van der Waals surface area contributed by atoms with Crippen molar-refractivity contribution in [3.05, 3.63) is 27.2 Å². The molecule has 7 nitrogen and oxygen atoms in total. The molecule has 19 heavy (non-hydrogen) atoms. The number of aromatic nitrogens is 2. The number of hydrogen-bond donors (Lipinski definition) is 2. The highest BCUT2D eigenvalue weighted by Gasteiger charge is 2.36. The lowest BCUT2D eigenvalue weighted by molar-refractivity contribution is -0.141. The summed E-state index contributed by atoms with van der Waals surface area (Å²) in [5, 5.41) is 15.1. The maximum Gasteiger partial charge on any atom is 0.326 e. The van der Waals surface area contributed by atoms with Crippen molar-refractivity contribution < 1.29 is 14.7 Å². The molecule has 0 saturated carbocycles. The Balaban J connectivity index is 2.43. The SMILES string of the molecule is Cc1n[nH]c(=O)c(C(=O)N2CCC[C@@H]2C(=O)O)c1C. The lowest BCUT2D eigenvalue weighted by Crippen LogP contribution is -2.43. The fourth-order valence-electron chi connectivity index (χ4n) is 2.29. The largest absolute Gasteiger partial charge is 0.480 e. The van der Waals surface area contributed by atoms with Crippen molar-refractivity contribution in [2.75, 3.05) is 6.54 Å². The van der Waals surface area contributed by atoms with Crippen molar-refractivity contribution in [1.29, 1.82) is 0 Å². The van der Waals surface area contributed by atoms with Gasteiger partial charge in [0.1, 0.15) is 11.6 Å².